The molecule has 7 nitrogen and oxygen atoms in total. The molecule has 0 radical (unpaired) electrons. The van der Waals surface area contributed by atoms with Crippen molar-refractivity contribution < 1.29 is 19.4 Å². The number of carboxylic acids is 1. The van der Waals surface area contributed by atoms with Crippen molar-refractivity contribution in [1.29, 1.82) is 5.26 Å². The van der Waals surface area contributed by atoms with E-state index in [2.05, 4.69) is 10.3 Å². The molecule has 154 valence electrons. The number of hydrogen-bond acceptors (Lipinski definition) is 5. The summed E-state index contributed by atoms with van der Waals surface area (Å²) in [4.78, 5) is 28.1. The quantitative estimate of drug-likeness (QED) is 0.640. The largest absolute Gasteiger partial charge is 0.480 e. The molecule has 1 atom stereocenters. The minimum absolute atomic E-state index is 0.0826. The first-order valence-electron chi connectivity index (χ1n) is 9.76. The lowest BCUT2D eigenvalue weighted by Crippen LogP contribution is -2.43. The van der Waals surface area contributed by atoms with Gasteiger partial charge in [0.2, 0.25) is 0 Å². The molecule has 3 aromatic rings. The molecule has 31 heavy (non-hydrogen) atoms. The van der Waals surface area contributed by atoms with Gasteiger partial charge in [-0.15, -0.1) is 0 Å². The number of aliphatic carboxylic acids is 1. The fraction of sp³-hybridized carbons (Fsp3) is 0.167. The van der Waals surface area contributed by atoms with Crippen molar-refractivity contribution in [3.63, 3.8) is 0 Å². The van der Waals surface area contributed by atoms with Crippen LogP contribution in [0.3, 0.4) is 0 Å². The number of fused-ring (bicyclic) bond motifs is 3. The second-order valence-electron chi connectivity index (χ2n) is 7.17. The number of carboxylic acid groups (broad SMARTS) is 1. The van der Waals surface area contributed by atoms with Crippen LogP contribution in [0, 0.1) is 11.3 Å². The number of aromatic nitrogens is 1. The molecular formula is C24H19N3O4. The number of pyridine rings is 1. The Balaban J connectivity index is 1.45. The van der Waals surface area contributed by atoms with E-state index in [0.29, 0.717) is 5.69 Å². The number of ether oxygens (including phenoxy) is 1. The third-order valence-corrected chi connectivity index (χ3v) is 5.34. The lowest BCUT2D eigenvalue weighted by atomic mass is 9.98. The Labute approximate surface area is 178 Å². The van der Waals surface area contributed by atoms with Gasteiger partial charge in [-0.1, -0.05) is 48.5 Å². The average Bonchev–Trinajstić information content (AvgIpc) is 3.11. The van der Waals surface area contributed by atoms with E-state index >= 15 is 0 Å². The zero-order valence-corrected chi connectivity index (χ0v) is 16.5. The van der Waals surface area contributed by atoms with Crippen LogP contribution < -0.4 is 5.32 Å². The Hall–Kier alpha value is -4.18. The van der Waals surface area contributed by atoms with Crippen LogP contribution in [0.5, 0.6) is 0 Å². The van der Waals surface area contributed by atoms with Crippen molar-refractivity contribution in [3.05, 3.63) is 89.2 Å². The van der Waals surface area contributed by atoms with E-state index in [1.54, 1.807) is 12.1 Å². The maximum Gasteiger partial charge on any atom is 0.407 e. The molecule has 1 aliphatic carbocycles. The van der Waals surface area contributed by atoms with Crippen LogP contribution >= 0.6 is 0 Å². The summed E-state index contributed by atoms with van der Waals surface area (Å²) in [5.41, 5.74) is 4.92. The van der Waals surface area contributed by atoms with Crippen molar-refractivity contribution in [1.82, 2.24) is 10.3 Å². The first-order valence-corrected chi connectivity index (χ1v) is 9.76. The van der Waals surface area contributed by atoms with E-state index in [1.807, 2.05) is 54.6 Å². The SMILES string of the molecule is N#Cc1cccnc1C[C@H](NC(=O)OCC1c2ccccc2-c2ccccc21)C(=O)O. The molecule has 0 bridgehead atoms. The zero-order valence-electron chi connectivity index (χ0n) is 16.5. The Morgan fingerprint density at radius 3 is 2.32 bits per heavy atom. The summed E-state index contributed by atoms with van der Waals surface area (Å²) in [6.07, 6.45) is 0.523. The smallest absolute Gasteiger partial charge is 0.407 e. The first-order chi connectivity index (χ1) is 15.1. The van der Waals surface area contributed by atoms with E-state index in [9.17, 15) is 14.7 Å². The van der Waals surface area contributed by atoms with E-state index in [0.717, 1.165) is 22.3 Å². The molecule has 1 amide bonds. The highest BCUT2D eigenvalue weighted by Gasteiger charge is 2.30. The monoisotopic (exact) mass is 413 g/mol. The summed E-state index contributed by atoms with van der Waals surface area (Å²) in [6, 6.07) is 19.8. The van der Waals surface area contributed by atoms with Crippen molar-refractivity contribution in [2.75, 3.05) is 6.61 Å². The summed E-state index contributed by atoms with van der Waals surface area (Å²) in [5.74, 6) is -1.36. The van der Waals surface area contributed by atoms with Crippen molar-refractivity contribution in [3.8, 4) is 17.2 Å². The van der Waals surface area contributed by atoms with Gasteiger partial charge in [0.05, 0.1) is 11.3 Å². The lowest BCUT2D eigenvalue weighted by molar-refractivity contribution is -0.139. The van der Waals surface area contributed by atoms with Gasteiger partial charge in [-0.05, 0) is 34.4 Å². The standard InChI is InChI=1S/C24H19N3O4/c25-13-15-6-5-11-26-21(15)12-22(23(28)29)27-24(30)31-14-20-18-9-3-1-7-16(18)17-8-2-4-10-19(17)20/h1-11,20,22H,12,14H2,(H,27,30)(H,28,29)/t22-/m0/s1. The number of nitrogens with zero attached hydrogens (tertiary/aromatic N) is 2. The van der Waals surface area contributed by atoms with Crippen molar-refractivity contribution >= 4 is 12.1 Å². The molecule has 0 saturated heterocycles. The van der Waals surface area contributed by atoms with Gasteiger partial charge >= 0.3 is 12.1 Å². The summed E-state index contributed by atoms with van der Waals surface area (Å²) >= 11 is 0. The second-order valence-corrected chi connectivity index (χ2v) is 7.17. The number of alkyl carbamates (subject to hydrolysis) is 1. The van der Waals surface area contributed by atoms with E-state index in [1.165, 1.54) is 6.20 Å². The highest BCUT2D eigenvalue weighted by Crippen LogP contribution is 2.44. The highest BCUT2D eigenvalue weighted by atomic mass is 16.5. The Morgan fingerprint density at radius 2 is 1.71 bits per heavy atom. The third kappa shape index (κ3) is 4.09. The van der Waals surface area contributed by atoms with E-state index in [-0.39, 0.29) is 24.5 Å². The van der Waals surface area contributed by atoms with E-state index in [4.69, 9.17) is 10.00 Å². The first kappa shape index (κ1) is 20.1. The molecule has 2 aromatic carbocycles. The van der Waals surface area contributed by atoms with Crippen LogP contribution in [0.4, 0.5) is 4.79 Å². The van der Waals surface area contributed by atoms with Crippen LogP contribution in [-0.4, -0.2) is 34.8 Å². The van der Waals surface area contributed by atoms with Gasteiger partial charge in [-0.3, -0.25) is 4.98 Å². The number of rotatable bonds is 6. The Bertz CT molecular complexity index is 1140. The molecule has 0 saturated carbocycles. The molecule has 2 N–H and O–H groups in total. The zero-order chi connectivity index (χ0) is 21.8. The molecule has 7 heteroatoms. The van der Waals surface area contributed by atoms with Gasteiger partial charge in [0.1, 0.15) is 18.7 Å². The van der Waals surface area contributed by atoms with Crippen LogP contribution in [0.1, 0.15) is 28.3 Å². The predicted octanol–water partition coefficient (Wildman–Crippen LogP) is 3.49. The van der Waals surface area contributed by atoms with Crippen molar-refractivity contribution in [2.24, 2.45) is 0 Å². The number of nitriles is 1. The third-order valence-electron chi connectivity index (χ3n) is 5.34. The number of carbonyl (C=O) groups excluding carboxylic acids is 1. The maximum atomic E-state index is 12.4. The molecule has 0 fully saturated rings. The van der Waals surface area contributed by atoms with Gasteiger partial charge < -0.3 is 15.2 Å². The van der Waals surface area contributed by atoms with Crippen LogP contribution in [0.25, 0.3) is 11.1 Å². The molecule has 1 heterocycles. The molecule has 0 spiro atoms. The van der Waals surface area contributed by atoms with Gasteiger partial charge in [-0.2, -0.15) is 5.26 Å². The summed E-state index contributed by atoms with van der Waals surface area (Å²) in [6.45, 7) is 0.0826. The predicted molar refractivity (Wildman–Crippen MR) is 112 cm³/mol. The molecular weight excluding hydrogens is 394 g/mol. The second kappa shape index (κ2) is 8.67. The number of hydrogen-bond donors (Lipinski definition) is 2. The normalized spacial score (nSPS) is 12.9. The van der Waals surface area contributed by atoms with Crippen molar-refractivity contribution in [2.45, 2.75) is 18.4 Å². The molecule has 0 aliphatic heterocycles. The minimum Gasteiger partial charge on any atom is -0.480 e. The van der Waals surface area contributed by atoms with E-state index < -0.39 is 18.1 Å². The summed E-state index contributed by atoms with van der Waals surface area (Å²) in [7, 11) is 0. The number of amides is 1. The van der Waals surface area contributed by atoms with Gasteiger partial charge in [-0.25, -0.2) is 9.59 Å². The van der Waals surface area contributed by atoms with Gasteiger partial charge in [0.15, 0.2) is 0 Å². The number of carbonyl (C=O) groups is 2. The van der Waals surface area contributed by atoms with Gasteiger partial charge in [0, 0.05) is 18.5 Å². The Kier molecular flexibility index (Phi) is 5.63. The number of nitrogens with one attached hydrogen (secondary N) is 1. The average molecular weight is 413 g/mol. The van der Waals surface area contributed by atoms with Crippen LogP contribution in [0.2, 0.25) is 0 Å². The van der Waals surface area contributed by atoms with Crippen LogP contribution in [-0.2, 0) is 16.0 Å². The van der Waals surface area contributed by atoms with Crippen LogP contribution in [0.15, 0.2) is 66.9 Å². The summed E-state index contributed by atoms with van der Waals surface area (Å²) in [5, 5.41) is 21.1. The minimum atomic E-state index is -1.27. The number of benzene rings is 2. The molecule has 1 aliphatic rings. The fourth-order valence-corrected chi connectivity index (χ4v) is 3.88. The Morgan fingerprint density at radius 1 is 1.06 bits per heavy atom. The molecule has 0 unspecified atom stereocenters. The maximum absolute atomic E-state index is 12.4. The summed E-state index contributed by atoms with van der Waals surface area (Å²) < 4.78 is 5.42. The van der Waals surface area contributed by atoms with Gasteiger partial charge in [0.25, 0.3) is 0 Å². The fourth-order valence-electron chi connectivity index (χ4n) is 3.88. The molecule has 4 rings (SSSR count). The lowest BCUT2D eigenvalue weighted by Gasteiger charge is -2.17. The topological polar surface area (TPSA) is 112 Å². The molecule has 1 aromatic heterocycles. The highest BCUT2D eigenvalue weighted by molar-refractivity contribution is 5.81.